The molecule has 2 fully saturated rings. The van der Waals surface area contributed by atoms with Crippen molar-refractivity contribution in [1.82, 2.24) is 0 Å². The van der Waals surface area contributed by atoms with Gasteiger partial charge < -0.3 is 47.4 Å². The highest BCUT2D eigenvalue weighted by atomic mass is 16.8. The van der Waals surface area contributed by atoms with Crippen molar-refractivity contribution in [2.45, 2.75) is 103 Å². The Labute approximate surface area is 250 Å². The lowest BCUT2D eigenvalue weighted by molar-refractivity contribution is -0.332. The maximum atomic E-state index is 12.7. The van der Waals surface area contributed by atoms with Gasteiger partial charge in [-0.1, -0.05) is 0 Å². The molecule has 0 amide bonds. The molecule has 19 heteroatoms. The topological polar surface area (TPSA) is 247 Å². The molecule has 0 bridgehead atoms. The average Bonchev–Trinajstić information content (AvgIpc) is 2.90. The summed E-state index contributed by atoms with van der Waals surface area (Å²) in [5.41, 5.74) is 0. The van der Waals surface area contributed by atoms with E-state index in [0.717, 1.165) is 48.7 Å². The van der Waals surface area contributed by atoms with Crippen LogP contribution >= 0.6 is 0 Å². The van der Waals surface area contributed by atoms with Gasteiger partial charge >= 0.3 is 41.8 Å². The number of ether oxygens (including phenoxy) is 10. The lowest BCUT2D eigenvalue weighted by atomic mass is 9.97. The fraction of sp³-hybridized carbons (Fsp3) is 0.720. The monoisotopic (exact) mass is 637 g/mol. The summed E-state index contributed by atoms with van der Waals surface area (Å²) >= 11 is 0. The van der Waals surface area contributed by atoms with Crippen LogP contribution < -0.4 is 5.90 Å². The second-order valence-electron chi connectivity index (χ2n) is 9.40. The van der Waals surface area contributed by atoms with E-state index in [1.54, 1.807) is 0 Å². The van der Waals surface area contributed by atoms with Gasteiger partial charge in [0.1, 0.15) is 6.10 Å². The van der Waals surface area contributed by atoms with Gasteiger partial charge in [0.2, 0.25) is 6.29 Å². The molecule has 3 unspecified atom stereocenters. The summed E-state index contributed by atoms with van der Waals surface area (Å²) in [6.45, 7) is 5.49. The molecule has 0 aromatic carbocycles. The van der Waals surface area contributed by atoms with Crippen LogP contribution in [0.15, 0.2) is 0 Å². The van der Waals surface area contributed by atoms with Crippen LogP contribution in [-0.2, 0) is 85.8 Å². The molecule has 2 heterocycles. The minimum Gasteiger partial charge on any atom is -0.467 e. The van der Waals surface area contributed by atoms with Gasteiger partial charge in [0, 0.05) is 41.5 Å². The van der Waals surface area contributed by atoms with Gasteiger partial charge in [-0.25, -0.2) is 10.7 Å². The maximum Gasteiger partial charge on any atom is 0.339 e. The third-order valence-corrected chi connectivity index (χ3v) is 5.89. The van der Waals surface area contributed by atoms with Crippen molar-refractivity contribution in [3.8, 4) is 0 Å². The third-order valence-electron chi connectivity index (χ3n) is 5.89. The largest absolute Gasteiger partial charge is 0.467 e. The molecule has 2 rings (SSSR count). The molecule has 2 N–H and O–H groups in total. The molecule has 0 aromatic rings. The van der Waals surface area contributed by atoms with Crippen LogP contribution in [0.2, 0.25) is 0 Å². The minimum atomic E-state index is -1.76. The summed E-state index contributed by atoms with van der Waals surface area (Å²) in [6.07, 6.45) is -16.0. The zero-order valence-corrected chi connectivity index (χ0v) is 24.9. The molecule has 0 aliphatic carbocycles. The van der Waals surface area contributed by atoms with E-state index in [-0.39, 0.29) is 0 Å². The molecule has 0 radical (unpaired) electrons. The number of carbonyl (C=O) groups is 7. The van der Waals surface area contributed by atoms with Crippen LogP contribution in [-0.4, -0.2) is 117 Å². The van der Waals surface area contributed by atoms with Crippen molar-refractivity contribution in [2.24, 2.45) is 5.90 Å². The first kappa shape index (κ1) is 36.3. The Balaban J connectivity index is 2.52. The third kappa shape index (κ3) is 9.81. The molecule has 0 saturated carbocycles. The summed E-state index contributed by atoms with van der Waals surface area (Å²) in [6, 6.07) is 0. The van der Waals surface area contributed by atoms with Gasteiger partial charge in [0.15, 0.2) is 49.0 Å². The van der Waals surface area contributed by atoms with E-state index < -0.39 is 110 Å². The first-order valence-corrected chi connectivity index (χ1v) is 13.0. The second kappa shape index (κ2) is 16.2. The fourth-order valence-corrected chi connectivity index (χ4v) is 4.50. The highest BCUT2D eigenvalue weighted by Gasteiger charge is 2.57. The van der Waals surface area contributed by atoms with Gasteiger partial charge in [0.05, 0.1) is 13.7 Å². The van der Waals surface area contributed by atoms with E-state index in [2.05, 4.69) is 0 Å². The van der Waals surface area contributed by atoms with Crippen molar-refractivity contribution < 1.29 is 85.8 Å². The Morgan fingerprint density at radius 2 is 0.932 bits per heavy atom. The van der Waals surface area contributed by atoms with Gasteiger partial charge in [-0.05, 0) is 0 Å². The Bertz CT molecular complexity index is 1090. The summed E-state index contributed by atoms with van der Waals surface area (Å²) in [5.74, 6) is -1.05. The molecule has 2 aliphatic rings. The van der Waals surface area contributed by atoms with E-state index in [4.69, 9.17) is 58.1 Å². The van der Waals surface area contributed by atoms with E-state index >= 15 is 0 Å². The van der Waals surface area contributed by atoms with E-state index in [9.17, 15) is 33.6 Å². The maximum absolute atomic E-state index is 12.7. The van der Waals surface area contributed by atoms with Crippen molar-refractivity contribution in [2.75, 3.05) is 13.7 Å². The molecule has 2 saturated heterocycles. The van der Waals surface area contributed by atoms with Crippen molar-refractivity contribution in [1.29, 1.82) is 0 Å². The van der Waals surface area contributed by atoms with Gasteiger partial charge in [-0.2, -0.15) is 0 Å². The number of rotatable bonds is 11. The number of esters is 7. The summed E-state index contributed by atoms with van der Waals surface area (Å²) in [7, 11) is 1.01. The first-order chi connectivity index (χ1) is 20.6. The predicted octanol–water partition coefficient (Wildman–Crippen LogP) is -1.89. The molecule has 0 aromatic heterocycles. The SMILES string of the molecule is COC(=O)C1OC(OC[C@H]2O[C@@H](ON)[C@H](OC(C)=O)C(OC(C)=O)[C@H]2OC(C)=O)[C@H](OC(C)=O)[C@@H](OC(C)=O)[C@@H]1OC(C)=O. The van der Waals surface area contributed by atoms with Crippen LogP contribution in [0.3, 0.4) is 0 Å². The molecule has 2 aliphatic heterocycles. The summed E-state index contributed by atoms with van der Waals surface area (Å²) < 4.78 is 53.5. The predicted molar refractivity (Wildman–Crippen MR) is 134 cm³/mol. The number of methoxy groups -OCH3 is 1. The molecular formula is C25H35NO18. The lowest BCUT2D eigenvalue weighted by Crippen LogP contribution is -2.65. The van der Waals surface area contributed by atoms with Crippen molar-refractivity contribution in [3.63, 3.8) is 0 Å². The first-order valence-electron chi connectivity index (χ1n) is 13.0. The quantitative estimate of drug-likeness (QED) is 0.148. The number of carbonyl (C=O) groups excluding carboxylic acids is 7. The molecule has 10 atom stereocenters. The Hall–Kier alpha value is -3.91. The Morgan fingerprint density at radius 3 is 1.36 bits per heavy atom. The van der Waals surface area contributed by atoms with Gasteiger partial charge in [0.25, 0.3) is 0 Å². The Kier molecular flexibility index (Phi) is 13.4. The van der Waals surface area contributed by atoms with Gasteiger partial charge in [-0.15, -0.1) is 0 Å². The normalized spacial score (nSPS) is 31.5. The van der Waals surface area contributed by atoms with Crippen LogP contribution in [0.25, 0.3) is 0 Å². The summed E-state index contributed by atoms with van der Waals surface area (Å²) in [4.78, 5) is 89.1. The molecule has 44 heavy (non-hydrogen) atoms. The number of hydrogen-bond donors (Lipinski definition) is 1. The average molecular weight is 638 g/mol. The van der Waals surface area contributed by atoms with Crippen LogP contribution in [0.1, 0.15) is 41.5 Å². The number of hydrogen-bond acceptors (Lipinski definition) is 19. The molecule has 248 valence electrons. The summed E-state index contributed by atoms with van der Waals surface area (Å²) in [5, 5.41) is 0. The van der Waals surface area contributed by atoms with Crippen LogP contribution in [0.5, 0.6) is 0 Å². The molecule has 0 spiro atoms. The van der Waals surface area contributed by atoms with E-state index in [0.29, 0.717) is 0 Å². The van der Waals surface area contributed by atoms with Gasteiger partial charge in [-0.3, -0.25) is 33.6 Å². The van der Waals surface area contributed by atoms with Crippen molar-refractivity contribution in [3.05, 3.63) is 0 Å². The van der Waals surface area contributed by atoms with Crippen LogP contribution in [0, 0.1) is 0 Å². The smallest absolute Gasteiger partial charge is 0.339 e. The number of nitrogens with two attached hydrogens (primary N) is 1. The lowest BCUT2D eigenvalue weighted by Gasteiger charge is -2.45. The zero-order valence-electron chi connectivity index (χ0n) is 24.9. The van der Waals surface area contributed by atoms with E-state index in [1.807, 2.05) is 0 Å². The second-order valence-corrected chi connectivity index (χ2v) is 9.40. The fourth-order valence-electron chi connectivity index (χ4n) is 4.50. The minimum absolute atomic E-state index is 0.663. The molecule has 19 nitrogen and oxygen atoms in total. The zero-order chi connectivity index (χ0) is 33.3. The Morgan fingerprint density at radius 1 is 0.545 bits per heavy atom. The standard InChI is InChI=1S/C25H35NO18/c1-9(27)36-16-15(42-25(44-26)22(41-14(6)32)17(16)37-10(2)28)8-35-24-21(40-13(5)31)19(39-12(4)30)18(38-11(3)29)20(43-24)23(33)34-7/h15-22,24-25H,8,26H2,1-7H3/t15-,16+,17?,18+,19+,20?,21-,22-,24?,25+/m1/s1. The highest BCUT2D eigenvalue weighted by molar-refractivity contribution is 5.77. The highest BCUT2D eigenvalue weighted by Crippen LogP contribution is 2.33. The van der Waals surface area contributed by atoms with Crippen LogP contribution in [0.4, 0.5) is 0 Å². The molecular weight excluding hydrogens is 602 g/mol. The van der Waals surface area contributed by atoms with Crippen molar-refractivity contribution >= 4 is 41.8 Å². The van der Waals surface area contributed by atoms with E-state index in [1.165, 1.54) is 0 Å².